The van der Waals surface area contributed by atoms with Crippen LogP contribution < -0.4 is 10.6 Å². The first-order valence-electron chi connectivity index (χ1n) is 7.88. The quantitative estimate of drug-likeness (QED) is 0.614. The number of halogens is 2. The van der Waals surface area contributed by atoms with E-state index in [1.54, 1.807) is 6.08 Å². The molecule has 1 unspecified atom stereocenters. The van der Waals surface area contributed by atoms with E-state index in [1.807, 2.05) is 4.90 Å². The zero-order valence-corrected chi connectivity index (χ0v) is 15.5. The van der Waals surface area contributed by atoms with Crippen LogP contribution in [-0.2, 0) is 14.3 Å². The summed E-state index contributed by atoms with van der Waals surface area (Å²) in [6.07, 6.45) is 2.15. The lowest BCUT2D eigenvalue weighted by Gasteiger charge is -2.35. The van der Waals surface area contributed by atoms with Crippen LogP contribution >= 0.6 is 24.8 Å². The van der Waals surface area contributed by atoms with Crippen molar-refractivity contribution in [3.05, 3.63) is 12.7 Å². The zero-order valence-electron chi connectivity index (χ0n) is 13.9. The van der Waals surface area contributed by atoms with Crippen LogP contribution in [0.15, 0.2) is 12.7 Å². The first-order chi connectivity index (χ1) is 10.7. The van der Waals surface area contributed by atoms with Crippen molar-refractivity contribution in [3.63, 3.8) is 0 Å². The number of nitrogens with zero attached hydrogens (tertiary/aromatic N) is 2. The van der Waals surface area contributed by atoms with Crippen LogP contribution in [0.1, 0.15) is 6.42 Å². The molecular formula is C15H28Cl2N4O3. The summed E-state index contributed by atoms with van der Waals surface area (Å²) in [5.41, 5.74) is 0. The fourth-order valence-corrected chi connectivity index (χ4v) is 2.69. The lowest BCUT2D eigenvalue weighted by molar-refractivity contribution is -0.134. The van der Waals surface area contributed by atoms with E-state index in [0.29, 0.717) is 39.2 Å². The van der Waals surface area contributed by atoms with Crippen molar-refractivity contribution in [1.29, 1.82) is 0 Å². The number of piperazine rings is 1. The number of amides is 2. The Morgan fingerprint density at radius 2 is 1.96 bits per heavy atom. The molecule has 0 aliphatic carbocycles. The molecule has 2 amide bonds. The van der Waals surface area contributed by atoms with Gasteiger partial charge in [0.05, 0.1) is 19.8 Å². The predicted molar refractivity (Wildman–Crippen MR) is 97.9 cm³/mol. The van der Waals surface area contributed by atoms with E-state index in [9.17, 15) is 9.59 Å². The van der Waals surface area contributed by atoms with Gasteiger partial charge in [0, 0.05) is 51.7 Å². The van der Waals surface area contributed by atoms with Gasteiger partial charge in [-0.2, -0.15) is 0 Å². The van der Waals surface area contributed by atoms with Crippen LogP contribution in [0.5, 0.6) is 0 Å². The standard InChI is InChI=1S/C15H26N4O3.2ClH/c1-2-3-17-14(20)11-18-5-7-19(8-6-18)15(21)10-13-12-22-9-4-16-13;;/h2,13,16H,1,3-12H2,(H,17,20);2*1H. The molecule has 24 heavy (non-hydrogen) atoms. The Balaban J connectivity index is 0.00000264. The Morgan fingerprint density at radius 1 is 1.25 bits per heavy atom. The largest absolute Gasteiger partial charge is 0.378 e. The Bertz CT molecular complexity index is 398. The molecule has 2 saturated heterocycles. The monoisotopic (exact) mass is 382 g/mol. The van der Waals surface area contributed by atoms with Crippen LogP contribution in [0.4, 0.5) is 0 Å². The Hall–Kier alpha value is -0.860. The third-order valence-corrected chi connectivity index (χ3v) is 3.96. The average molecular weight is 383 g/mol. The Labute approximate surface area is 156 Å². The number of nitrogens with one attached hydrogen (secondary N) is 2. The maximum atomic E-state index is 12.3. The van der Waals surface area contributed by atoms with E-state index in [1.165, 1.54) is 0 Å². The highest BCUT2D eigenvalue weighted by atomic mass is 35.5. The van der Waals surface area contributed by atoms with E-state index < -0.39 is 0 Å². The first kappa shape index (κ1) is 23.1. The molecule has 0 aromatic heterocycles. The van der Waals surface area contributed by atoms with Gasteiger partial charge in [-0.15, -0.1) is 31.4 Å². The molecule has 0 radical (unpaired) electrons. The molecule has 0 spiro atoms. The number of carbonyl (C=O) groups is 2. The fraction of sp³-hybridized carbons (Fsp3) is 0.733. The Morgan fingerprint density at radius 3 is 2.54 bits per heavy atom. The topological polar surface area (TPSA) is 73.9 Å². The fourth-order valence-electron chi connectivity index (χ4n) is 2.69. The lowest BCUT2D eigenvalue weighted by atomic mass is 10.1. The van der Waals surface area contributed by atoms with Crippen molar-refractivity contribution in [2.24, 2.45) is 0 Å². The molecule has 2 fully saturated rings. The lowest BCUT2D eigenvalue weighted by Crippen LogP contribution is -2.52. The normalized spacial score (nSPS) is 21.2. The van der Waals surface area contributed by atoms with E-state index in [2.05, 4.69) is 22.1 Å². The summed E-state index contributed by atoms with van der Waals surface area (Å²) in [6, 6.07) is 0.129. The van der Waals surface area contributed by atoms with Gasteiger partial charge in [0.1, 0.15) is 0 Å². The minimum absolute atomic E-state index is 0. The SMILES string of the molecule is C=CCNC(=O)CN1CCN(C(=O)CC2COCCN2)CC1.Cl.Cl. The Kier molecular flexibility index (Phi) is 12.0. The highest BCUT2D eigenvalue weighted by Gasteiger charge is 2.25. The van der Waals surface area contributed by atoms with Crippen LogP contribution in [0.2, 0.25) is 0 Å². The molecular weight excluding hydrogens is 355 g/mol. The third kappa shape index (κ3) is 7.81. The van der Waals surface area contributed by atoms with Crippen molar-refractivity contribution in [2.75, 3.05) is 59.0 Å². The molecule has 0 bridgehead atoms. The summed E-state index contributed by atoms with van der Waals surface area (Å²) in [5.74, 6) is 0.169. The van der Waals surface area contributed by atoms with Crippen LogP contribution in [0, 0.1) is 0 Å². The maximum Gasteiger partial charge on any atom is 0.234 e. The van der Waals surface area contributed by atoms with Crippen molar-refractivity contribution in [2.45, 2.75) is 12.5 Å². The number of morpholine rings is 1. The summed E-state index contributed by atoms with van der Waals surface area (Å²) in [7, 11) is 0. The number of hydrogen-bond donors (Lipinski definition) is 2. The van der Waals surface area contributed by atoms with Crippen molar-refractivity contribution in [1.82, 2.24) is 20.4 Å². The molecule has 2 aliphatic rings. The van der Waals surface area contributed by atoms with Gasteiger partial charge in [-0.1, -0.05) is 6.08 Å². The molecule has 2 heterocycles. The highest BCUT2D eigenvalue weighted by Crippen LogP contribution is 2.07. The van der Waals surface area contributed by atoms with Crippen LogP contribution in [0.3, 0.4) is 0 Å². The van der Waals surface area contributed by atoms with Crippen molar-refractivity contribution < 1.29 is 14.3 Å². The molecule has 2 rings (SSSR count). The van der Waals surface area contributed by atoms with E-state index in [4.69, 9.17) is 4.74 Å². The van der Waals surface area contributed by atoms with Crippen LogP contribution in [0.25, 0.3) is 0 Å². The molecule has 2 aliphatic heterocycles. The smallest absolute Gasteiger partial charge is 0.234 e. The second-order valence-corrected chi connectivity index (χ2v) is 5.68. The predicted octanol–water partition coefficient (Wildman–Crippen LogP) is -0.345. The summed E-state index contributed by atoms with van der Waals surface area (Å²) in [6.45, 7) is 9.42. The molecule has 7 nitrogen and oxygen atoms in total. The van der Waals surface area contributed by atoms with Gasteiger partial charge in [-0.05, 0) is 0 Å². The first-order valence-corrected chi connectivity index (χ1v) is 7.88. The minimum atomic E-state index is 0. The maximum absolute atomic E-state index is 12.3. The zero-order chi connectivity index (χ0) is 15.8. The molecule has 9 heteroatoms. The number of hydrogen-bond acceptors (Lipinski definition) is 5. The molecule has 140 valence electrons. The van der Waals surface area contributed by atoms with Gasteiger partial charge in [-0.25, -0.2) is 0 Å². The number of rotatable bonds is 6. The van der Waals surface area contributed by atoms with Crippen molar-refractivity contribution in [3.8, 4) is 0 Å². The van der Waals surface area contributed by atoms with Gasteiger partial charge in [-0.3, -0.25) is 14.5 Å². The second-order valence-electron chi connectivity index (χ2n) is 5.68. The number of carbonyl (C=O) groups excluding carboxylic acids is 2. The van der Waals surface area contributed by atoms with Gasteiger partial charge in [0.2, 0.25) is 11.8 Å². The molecule has 0 saturated carbocycles. The van der Waals surface area contributed by atoms with Gasteiger partial charge >= 0.3 is 0 Å². The van der Waals surface area contributed by atoms with Crippen molar-refractivity contribution >= 4 is 36.6 Å². The van der Waals surface area contributed by atoms with Gasteiger partial charge in [0.25, 0.3) is 0 Å². The van der Waals surface area contributed by atoms with Gasteiger partial charge < -0.3 is 20.3 Å². The van der Waals surface area contributed by atoms with Crippen LogP contribution in [-0.4, -0.2) is 86.7 Å². The van der Waals surface area contributed by atoms with E-state index in [-0.39, 0.29) is 42.7 Å². The molecule has 1 atom stereocenters. The third-order valence-electron chi connectivity index (χ3n) is 3.96. The highest BCUT2D eigenvalue weighted by molar-refractivity contribution is 5.85. The van der Waals surface area contributed by atoms with E-state index in [0.717, 1.165) is 26.2 Å². The summed E-state index contributed by atoms with van der Waals surface area (Å²) in [4.78, 5) is 27.9. The van der Waals surface area contributed by atoms with Gasteiger partial charge in [0.15, 0.2) is 0 Å². The molecule has 0 aromatic rings. The summed E-state index contributed by atoms with van der Waals surface area (Å²) < 4.78 is 5.37. The minimum Gasteiger partial charge on any atom is -0.378 e. The molecule has 0 aromatic carbocycles. The average Bonchev–Trinajstić information content (AvgIpc) is 2.54. The summed E-state index contributed by atoms with van der Waals surface area (Å²) in [5, 5.41) is 6.07. The van der Waals surface area contributed by atoms with E-state index >= 15 is 0 Å². The molecule has 2 N–H and O–H groups in total. The summed E-state index contributed by atoms with van der Waals surface area (Å²) >= 11 is 0. The number of ether oxygens (including phenoxy) is 1. The second kappa shape index (κ2) is 12.5.